The summed E-state index contributed by atoms with van der Waals surface area (Å²) in [5.74, 6) is 1.78. The molecule has 0 saturated carbocycles. The second-order valence-corrected chi connectivity index (χ2v) is 9.09. The van der Waals surface area contributed by atoms with Crippen LogP contribution < -0.4 is 10.1 Å². The second kappa shape index (κ2) is 11.5. The molecule has 1 aromatic heterocycles. The van der Waals surface area contributed by atoms with Crippen LogP contribution in [0.5, 0.6) is 5.75 Å². The summed E-state index contributed by atoms with van der Waals surface area (Å²) in [7, 11) is 1.62. The predicted molar refractivity (Wildman–Crippen MR) is 136 cm³/mol. The van der Waals surface area contributed by atoms with Crippen LogP contribution in [0.15, 0.2) is 78.0 Å². The first-order valence-electron chi connectivity index (χ1n) is 11.5. The molecule has 1 heterocycles. The summed E-state index contributed by atoms with van der Waals surface area (Å²) in [6.45, 7) is 2.74. The molecule has 10 heteroatoms. The van der Waals surface area contributed by atoms with E-state index in [1.807, 2.05) is 47.9 Å². The van der Waals surface area contributed by atoms with Crippen molar-refractivity contribution in [1.82, 2.24) is 20.1 Å². The molecule has 37 heavy (non-hydrogen) atoms. The molecule has 0 saturated heterocycles. The third-order valence-electron chi connectivity index (χ3n) is 5.65. The summed E-state index contributed by atoms with van der Waals surface area (Å²) >= 11 is 1.54. The van der Waals surface area contributed by atoms with E-state index in [4.69, 9.17) is 4.74 Å². The fourth-order valence-electron chi connectivity index (χ4n) is 3.70. The van der Waals surface area contributed by atoms with Gasteiger partial charge in [-0.3, -0.25) is 4.79 Å². The molecule has 3 aromatic carbocycles. The number of halogens is 3. The molecule has 0 unspecified atom stereocenters. The molecule has 0 aliphatic carbocycles. The number of ether oxygens (including phenoxy) is 1. The van der Waals surface area contributed by atoms with Gasteiger partial charge in [-0.25, -0.2) is 0 Å². The number of hydrogen-bond acceptors (Lipinski definition) is 5. The lowest BCUT2D eigenvalue weighted by Crippen LogP contribution is -2.23. The number of alkyl halides is 3. The Bertz CT molecular complexity index is 1370. The fourth-order valence-corrected chi connectivity index (χ4v) is 4.66. The van der Waals surface area contributed by atoms with Gasteiger partial charge >= 0.3 is 6.18 Å². The number of nitrogens with one attached hydrogen (secondary N) is 1. The van der Waals surface area contributed by atoms with Crippen molar-refractivity contribution in [3.8, 4) is 17.1 Å². The van der Waals surface area contributed by atoms with E-state index < -0.39 is 11.7 Å². The van der Waals surface area contributed by atoms with E-state index in [-0.39, 0.29) is 12.5 Å². The summed E-state index contributed by atoms with van der Waals surface area (Å²) < 4.78 is 46.0. The van der Waals surface area contributed by atoms with Crippen LogP contribution in [-0.4, -0.2) is 27.8 Å². The Balaban J connectivity index is 1.36. The molecule has 1 amide bonds. The summed E-state index contributed by atoms with van der Waals surface area (Å²) in [5, 5.41) is 12.2. The maximum Gasteiger partial charge on any atom is 0.416 e. The van der Waals surface area contributed by atoms with Gasteiger partial charge in [-0.05, 0) is 54.4 Å². The zero-order chi connectivity index (χ0) is 26.4. The Morgan fingerprint density at radius 3 is 2.46 bits per heavy atom. The van der Waals surface area contributed by atoms with Crippen molar-refractivity contribution in [3.05, 3.63) is 95.1 Å². The molecular weight excluding hydrogens is 501 g/mol. The number of amides is 1. The van der Waals surface area contributed by atoms with Crippen molar-refractivity contribution >= 4 is 17.7 Å². The molecule has 0 aliphatic rings. The third-order valence-corrected chi connectivity index (χ3v) is 6.69. The Morgan fingerprint density at radius 2 is 1.76 bits per heavy atom. The zero-order valence-corrected chi connectivity index (χ0v) is 21.1. The first-order chi connectivity index (χ1) is 17.8. The highest BCUT2D eigenvalue weighted by molar-refractivity contribution is 7.98. The van der Waals surface area contributed by atoms with E-state index in [1.54, 1.807) is 37.1 Å². The van der Waals surface area contributed by atoms with Gasteiger partial charge in [-0.1, -0.05) is 48.2 Å². The lowest BCUT2D eigenvalue weighted by Gasteiger charge is -2.10. The van der Waals surface area contributed by atoms with Crippen molar-refractivity contribution in [1.29, 1.82) is 0 Å². The molecule has 0 bridgehead atoms. The van der Waals surface area contributed by atoms with E-state index in [2.05, 4.69) is 15.5 Å². The largest absolute Gasteiger partial charge is 0.497 e. The first kappa shape index (κ1) is 26.3. The minimum Gasteiger partial charge on any atom is -0.497 e. The quantitative estimate of drug-likeness (QED) is 0.263. The number of thioether (sulfide) groups is 1. The highest BCUT2D eigenvalue weighted by Gasteiger charge is 2.30. The number of carbonyl (C=O) groups is 1. The molecule has 0 atom stereocenters. The van der Waals surface area contributed by atoms with E-state index >= 15 is 0 Å². The van der Waals surface area contributed by atoms with Crippen LogP contribution >= 0.6 is 11.8 Å². The molecule has 0 radical (unpaired) electrons. The van der Waals surface area contributed by atoms with E-state index in [9.17, 15) is 18.0 Å². The smallest absolute Gasteiger partial charge is 0.416 e. The number of aromatic nitrogens is 3. The maximum atomic E-state index is 12.9. The van der Waals surface area contributed by atoms with Gasteiger partial charge < -0.3 is 14.6 Å². The topological polar surface area (TPSA) is 69.0 Å². The van der Waals surface area contributed by atoms with Crippen LogP contribution in [0.3, 0.4) is 0 Å². The molecule has 1 N–H and O–H groups in total. The molecule has 0 spiro atoms. The van der Waals surface area contributed by atoms with Crippen molar-refractivity contribution in [2.45, 2.75) is 37.1 Å². The van der Waals surface area contributed by atoms with Gasteiger partial charge in [0.15, 0.2) is 11.0 Å². The molecule has 0 fully saturated rings. The van der Waals surface area contributed by atoms with Crippen LogP contribution in [-0.2, 0) is 25.0 Å². The molecule has 6 nitrogen and oxygen atoms in total. The van der Waals surface area contributed by atoms with Crippen molar-refractivity contribution < 1.29 is 22.7 Å². The minimum absolute atomic E-state index is 0.00263. The van der Waals surface area contributed by atoms with Gasteiger partial charge in [-0.15, -0.1) is 10.2 Å². The second-order valence-electron chi connectivity index (χ2n) is 8.15. The summed E-state index contributed by atoms with van der Waals surface area (Å²) in [4.78, 5) is 12.5. The maximum absolute atomic E-state index is 12.9. The number of hydrogen-bond donors (Lipinski definition) is 1. The van der Waals surface area contributed by atoms with Crippen LogP contribution in [0.2, 0.25) is 0 Å². The van der Waals surface area contributed by atoms with Crippen LogP contribution in [0.25, 0.3) is 11.4 Å². The Morgan fingerprint density at radius 1 is 1.00 bits per heavy atom. The van der Waals surface area contributed by atoms with Gasteiger partial charge in [0.25, 0.3) is 5.91 Å². The number of nitrogens with zero attached hydrogens (tertiary/aromatic N) is 3. The van der Waals surface area contributed by atoms with E-state index in [0.29, 0.717) is 23.4 Å². The molecular formula is C27H25F3N4O2S. The molecule has 192 valence electrons. The number of benzene rings is 3. The minimum atomic E-state index is -4.42. The highest BCUT2D eigenvalue weighted by Crippen LogP contribution is 2.30. The van der Waals surface area contributed by atoms with Crippen LogP contribution in [0, 0.1) is 0 Å². The van der Waals surface area contributed by atoms with Crippen LogP contribution in [0.1, 0.15) is 34.0 Å². The fraction of sp³-hybridized carbons (Fsp3) is 0.222. The molecule has 0 aliphatic heterocycles. The summed E-state index contributed by atoms with van der Waals surface area (Å²) in [6.07, 6.45) is -4.42. The third kappa shape index (κ3) is 6.51. The highest BCUT2D eigenvalue weighted by atomic mass is 32.2. The van der Waals surface area contributed by atoms with Crippen molar-refractivity contribution in [2.24, 2.45) is 0 Å². The van der Waals surface area contributed by atoms with Gasteiger partial charge in [0.05, 0.1) is 12.7 Å². The lowest BCUT2D eigenvalue weighted by molar-refractivity contribution is -0.137. The Hall–Kier alpha value is -3.79. The van der Waals surface area contributed by atoms with Crippen LogP contribution in [0.4, 0.5) is 13.2 Å². The Labute approximate surface area is 216 Å². The average molecular weight is 527 g/mol. The van der Waals surface area contributed by atoms with Crippen molar-refractivity contribution in [2.75, 3.05) is 7.11 Å². The number of rotatable bonds is 9. The van der Waals surface area contributed by atoms with Gasteiger partial charge in [-0.2, -0.15) is 13.2 Å². The van der Waals surface area contributed by atoms with E-state index in [0.717, 1.165) is 40.0 Å². The average Bonchev–Trinajstić information content (AvgIpc) is 3.33. The van der Waals surface area contributed by atoms with Gasteiger partial charge in [0, 0.05) is 30.0 Å². The van der Waals surface area contributed by atoms with Gasteiger partial charge in [0.2, 0.25) is 0 Å². The van der Waals surface area contributed by atoms with Crippen molar-refractivity contribution in [3.63, 3.8) is 0 Å². The monoisotopic (exact) mass is 526 g/mol. The number of methoxy groups -OCH3 is 1. The zero-order valence-electron chi connectivity index (χ0n) is 20.2. The first-order valence-corrected chi connectivity index (χ1v) is 12.5. The lowest BCUT2D eigenvalue weighted by atomic mass is 10.1. The normalized spacial score (nSPS) is 11.4. The van der Waals surface area contributed by atoms with Gasteiger partial charge in [0.1, 0.15) is 5.75 Å². The SMILES string of the molecule is CCn1c(SCc2ccc(C(=O)NCc3cccc(C(F)(F)F)c3)cc2)nnc1-c1cccc(OC)c1. The summed E-state index contributed by atoms with van der Waals surface area (Å²) in [6, 6.07) is 19.7. The molecule has 4 aromatic rings. The molecule has 4 rings (SSSR count). The Kier molecular flexibility index (Phi) is 8.17. The van der Waals surface area contributed by atoms with E-state index in [1.165, 1.54) is 6.07 Å². The number of carbonyl (C=O) groups excluding carboxylic acids is 1. The standard InChI is InChI=1S/C27H25F3N4O2S/c1-3-34-24(21-7-5-9-23(15-21)36-2)32-33-26(34)37-17-18-10-12-20(13-11-18)25(35)31-16-19-6-4-8-22(14-19)27(28,29)30/h4-15H,3,16-17H2,1-2H3,(H,31,35). The predicted octanol–water partition coefficient (Wildman–Crippen LogP) is 6.21. The summed E-state index contributed by atoms with van der Waals surface area (Å²) in [5.41, 5.74) is 1.98.